The van der Waals surface area contributed by atoms with Gasteiger partial charge in [0.1, 0.15) is 4.21 Å². The van der Waals surface area contributed by atoms with E-state index in [-0.39, 0.29) is 0 Å². The first-order chi connectivity index (χ1) is 9.07. The fourth-order valence-electron chi connectivity index (χ4n) is 1.58. The minimum atomic E-state index is -3.43. The van der Waals surface area contributed by atoms with Gasteiger partial charge in [0.15, 0.2) is 0 Å². The molecule has 0 saturated heterocycles. The molecule has 0 aliphatic rings. The molecule has 1 aromatic rings. The van der Waals surface area contributed by atoms with Crippen LogP contribution in [0, 0.1) is 6.92 Å². The first-order valence-corrected chi connectivity index (χ1v) is 9.24. The molecule has 0 fully saturated rings. The summed E-state index contributed by atoms with van der Waals surface area (Å²) < 4.78 is 27.9. The van der Waals surface area contributed by atoms with Crippen LogP contribution in [-0.4, -0.2) is 20.0 Å². The summed E-state index contributed by atoms with van der Waals surface area (Å²) in [5.41, 5.74) is 0.602. The van der Waals surface area contributed by atoms with E-state index in [1.807, 2.05) is 27.7 Å². The summed E-state index contributed by atoms with van der Waals surface area (Å²) in [6, 6.07) is 2.14. The van der Waals surface area contributed by atoms with Gasteiger partial charge >= 0.3 is 0 Å². The number of thiophene rings is 1. The number of hydrogen-bond donors (Lipinski definition) is 2. The first-order valence-electron chi connectivity index (χ1n) is 6.94. The van der Waals surface area contributed by atoms with E-state index < -0.39 is 15.6 Å². The molecule has 20 heavy (non-hydrogen) atoms. The Kier molecular flexibility index (Phi) is 5.78. The zero-order chi connectivity index (χ0) is 15.6. The Labute approximate surface area is 127 Å². The molecule has 1 heterocycles. The molecule has 0 atom stereocenters. The Morgan fingerprint density at radius 2 is 1.95 bits per heavy atom. The molecule has 0 bridgehead atoms. The molecule has 1 rings (SSSR count). The maximum absolute atomic E-state index is 12.4. The fraction of sp³-hybridized carbons (Fsp3) is 0.714. The van der Waals surface area contributed by atoms with E-state index in [2.05, 4.69) is 23.9 Å². The zero-order valence-electron chi connectivity index (χ0n) is 13.2. The molecule has 116 valence electrons. The molecule has 1 aromatic heterocycles. The molecular formula is C14H26N2O2S2. The Bertz CT molecular complexity index is 546. The molecule has 0 radical (unpaired) electrons. The Balaban J connectivity index is 2.94. The Morgan fingerprint density at radius 1 is 1.35 bits per heavy atom. The maximum Gasteiger partial charge on any atom is 0.250 e. The number of nitrogens with one attached hydrogen (secondary N) is 2. The fourth-order valence-corrected chi connectivity index (χ4v) is 4.60. The minimum absolute atomic E-state index is 0.383. The lowest BCUT2D eigenvalue weighted by Crippen LogP contribution is -2.42. The van der Waals surface area contributed by atoms with Gasteiger partial charge in [0.25, 0.3) is 10.0 Å². The van der Waals surface area contributed by atoms with E-state index in [1.165, 1.54) is 11.3 Å². The number of sulfonamides is 1. The highest BCUT2D eigenvalue weighted by atomic mass is 32.2. The predicted octanol–water partition coefficient (Wildman–Crippen LogP) is 3.02. The maximum atomic E-state index is 12.4. The summed E-state index contributed by atoms with van der Waals surface area (Å²) in [6.07, 6.45) is 0.748. The van der Waals surface area contributed by atoms with Crippen LogP contribution in [0.15, 0.2) is 10.3 Å². The van der Waals surface area contributed by atoms with Crippen molar-refractivity contribution in [1.29, 1.82) is 0 Å². The molecule has 0 saturated carbocycles. The van der Waals surface area contributed by atoms with Gasteiger partial charge in [0.2, 0.25) is 0 Å². The highest BCUT2D eigenvalue weighted by Crippen LogP contribution is 2.27. The summed E-state index contributed by atoms with van der Waals surface area (Å²) in [6.45, 7) is 12.6. The second kappa shape index (κ2) is 6.56. The lowest BCUT2D eigenvalue weighted by Gasteiger charge is -2.23. The second-order valence-electron chi connectivity index (χ2n) is 6.05. The molecule has 0 amide bonds. The average molecular weight is 319 g/mol. The van der Waals surface area contributed by atoms with E-state index in [4.69, 9.17) is 0 Å². The topological polar surface area (TPSA) is 58.2 Å². The third-order valence-electron chi connectivity index (χ3n) is 3.23. The van der Waals surface area contributed by atoms with E-state index in [9.17, 15) is 8.42 Å². The molecular weight excluding hydrogens is 292 g/mol. The van der Waals surface area contributed by atoms with Crippen molar-refractivity contribution in [1.82, 2.24) is 10.0 Å². The normalized spacial score (nSPS) is 13.2. The van der Waals surface area contributed by atoms with E-state index in [1.54, 1.807) is 6.07 Å². The number of hydrogen-bond acceptors (Lipinski definition) is 4. The number of rotatable bonds is 7. The molecule has 0 spiro atoms. The van der Waals surface area contributed by atoms with Crippen LogP contribution >= 0.6 is 11.3 Å². The molecule has 0 aliphatic carbocycles. The molecule has 2 N–H and O–H groups in total. The van der Waals surface area contributed by atoms with Crippen LogP contribution in [0.5, 0.6) is 0 Å². The standard InChI is InChI=1S/C14H26N2O2S2/c1-7-14(5,6)16-20(17,18)13-8-11(4)12(19-13)9-15-10(2)3/h8,10,15-16H,7,9H2,1-6H3. The molecule has 0 aliphatic heterocycles. The molecule has 0 aromatic carbocycles. The van der Waals surface area contributed by atoms with Gasteiger partial charge < -0.3 is 5.32 Å². The third-order valence-corrected chi connectivity index (χ3v) is 6.64. The van der Waals surface area contributed by atoms with Gasteiger partial charge in [-0.15, -0.1) is 11.3 Å². The van der Waals surface area contributed by atoms with Crippen LogP contribution in [-0.2, 0) is 16.6 Å². The van der Waals surface area contributed by atoms with Crippen molar-refractivity contribution in [2.75, 3.05) is 0 Å². The smallest absolute Gasteiger partial charge is 0.250 e. The van der Waals surface area contributed by atoms with Gasteiger partial charge in [-0.1, -0.05) is 20.8 Å². The van der Waals surface area contributed by atoms with Crippen molar-refractivity contribution in [2.45, 2.75) is 70.3 Å². The van der Waals surface area contributed by atoms with Crippen molar-refractivity contribution >= 4 is 21.4 Å². The van der Waals surface area contributed by atoms with Gasteiger partial charge in [-0.2, -0.15) is 0 Å². The van der Waals surface area contributed by atoms with Crippen molar-refractivity contribution in [3.05, 3.63) is 16.5 Å². The average Bonchev–Trinajstić information content (AvgIpc) is 2.67. The van der Waals surface area contributed by atoms with Crippen LogP contribution in [0.25, 0.3) is 0 Å². The van der Waals surface area contributed by atoms with Crippen molar-refractivity contribution in [3.8, 4) is 0 Å². The number of aryl methyl sites for hydroxylation is 1. The Hall–Kier alpha value is -0.430. The predicted molar refractivity (Wildman–Crippen MR) is 85.7 cm³/mol. The highest BCUT2D eigenvalue weighted by molar-refractivity contribution is 7.91. The summed E-state index contributed by atoms with van der Waals surface area (Å²) in [7, 11) is -3.43. The summed E-state index contributed by atoms with van der Waals surface area (Å²) in [4.78, 5) is 1.08. The van der Waals surface area contributed by atoms with E-state index in [0.29, 0.717) is 16.8 Å². The van der Waals surface area contributed by atoms with Gasteiger partial charge in [-0.3, -0.25) is 0 Å². The second-order valence-corrected chi connectivity index (χ2v) is 9.10. The summed E-state index contributed by atoms with van der Waals surface area (Å²) in [5.74, 6) is 0. The minimum Gasteiger partial charge on any atom is -0.310 e. The summed E-state index contributed by atoms with van der Waals surface area (Å²) in [5, 5.41) is 3.32. The van der Waals surface area contributed by atoms with E-state index in [0.717, 1.165) is 16.9 Å². The van der Waals surface area contributed by atoms with Crippen molar-refractivity contribution in [3.63, 3.8) is 0 Å². The molecule has 4 nitrogen and oxygen atoms in total. The third kappa shape index (κ3) is 4.84. The SMILES string of the molecule is CCC(C)(C)NS(=O)(=O)c1cc(C)c(CNC(C)C)s1. The van der Waals surface area contributed by atoms with Gasteiger partial charge in [0.05, 0.1) is 0 Å². The van der Waals surface area contributed by atoms with Gasteiger partial charge in [0, 0.05) is 23.0 Å². The van der Waals surface area contributed by atoms with Crippen LogP contribution < -0.4 is 10.0 Å². The largest absolute Gasteiger partial charge is 0.310 e. The first kappa shape index (κ1) is 17.6. The molecule has 0 unspecified atom stereocenters. The zero-order valence-corrected chi connectivity index (χ0v) is 14.8. The van der Waals surface area contributed by atoms with Gasteiger partial charge in [-0.05, 0) is 38.8 Å². The summed E-state index contributed by atoms with van der Waals surface area (Å²) >= 11 is 1.35. The van der Waals surface area contributed by atoms with Crippen LogP contribution in [0.2, 0.25) is 0 Å². The van der Waals surface area contributed by atoms with Gasteiger partial charge in [-0.25, -0.2) is 13.1 Å². The molecule has 6 heteroatoms. The lowest BCUT2D eigenvalue weighted by atomic mass is 10.0. The van der Waals surface area contributed by atoms with E-state index >= 15 is 0 Å². The van der Waals surface area contributed by atoms with Crippen LogP contribution in [0.4, 0.5) is 0 Å². The highest BCUT2D eigenvalue weighted by Gasteiger charge is 2.26. The van der Waals surface area contributed by atoms with Crippen molar-refractivity contribution in [2.24, 2.45) is 0 Å². The van der Waals surface area contributed by atoms with Crippen molar-refractivity contribution < 1.29 is 8.42 Å². The Morgan fingerprint density at radius 3 is 2.45 bits per heavy atom. The van der Waals surface area contributed by atoms with Crippen LogP contribution in [0.1, 0.15) is 51.5 Å². The lowest BCUT2D eigenvalue weighted by molar-refractivity contribution is 0.440. The van der Waals surface area contributed by atoms with Crippen LogP contribution in [0.3, 0.4) is 0 Å². The monoisotopic (exact) mass is 318 g/mol. The quantitative estimate of drug-likeness (QED) is 0.812.